The van der Waals surface area contributed by atoms with E-state index in [0.29, 0.717) is 12.3 Å². The molecule has 1 unspecified atom stereocenters. The van der Waals surface area contributed by atoms with Crippen molar-refractivity contribution in [2.45, 2.75) is 19.6 Å². The highest BCUT2D eigenvalue weighted by Crippen LogP contribution is 2.14. The van der Waals surface area contributed by atoms with Crippen molar-refractivity contribution >= 4 is 29.1 Å². The molecule has 2 aromatic rings. The number of benzene rings is 1. The maximum atomic E-state index is 12.1. The van der Waals surface area contributed by atoms with Crippen molar-refractivity contribution in [2.75, 3.05) is 6.61 Å². The van der Waals surface area contributed by atoms with E-state index in [4.69, 9.17) is 15.2 Å². The summed E-state index contributed by atoms with van der Waals surface area (Å²) in [5.74, 6) is -1.19. The summed E-state index contributed by atoms with van der Waals surface area (Å²) in [4.78, 5) is 35.7. The molecule has 1 aromatic carbocycles. The molecule has 2 amide bonds. The minimum absolute atomic E-state index is 0.245. The number of rotatable bonds is 8. The Kier molecular flexibility index (Phi) is 6.53. The Morgan fingerprint density at radius 1 is 1.20 bits per heavy atom. The first kappa shape index (κ1) is 18.5. The molecule has 0 saturated carbocycles. The Bertz CT molecular complexity index is 728. The van der Waals surface area contributed by atoms with Gasteiger partial charge in [-0.3, -0.25) is 9.59 Å². The number of nitrogens with two attached hydrogens (primary N) is 1. The summed E-state index contributed by atoms with van der Waals surface area (Å²) in [7, 11) is 0. The van der Waals surface area contributed by atoms with Gasteiger partial charge in [-0.1, -0.05) is 6.07 Å². The van der Waals surface area contributed by atoms with E-state index in [0.717, 1.165) is 4.88 Å². The molecule has 1 aromatic heterocycles. The number of esters is 1. The molecule has 0 radical (unpaired) electrons. The number of carbonyl (C=O) groups is 3. The largest absolute Gasteiger partial charge is 0.484 e. The summed E-state index contributed by atoms with van der Waals surface area (Å²) >= 11 is 1.53. The third kappa shape index (κ3) is 5.92. The van der Waals surface area contributed by atoms with Crippen molar-refractivity contribution in [3.8, 4) is 5.75 Å². The van der Waals surface area contributed by atoms with Crippen LogP contribution in [-0.4, -0.2) is 30.5 Å². The van der Waals surface area contributed by atoms with Crippen LogP contribution in [0.2, 0.25) is 0 Å². The summed E-state index contributed by atoms with van der Waals surface area (Å²) in [6.45, 7) is 1.65. The fourth-order valence-electron chi connectivity index (χ4n) is 1.85. The highest BCUT2D eigenvalue weighted by atomic mass is 32.1. The van der Waals surface area contributed by atoms with Gasteiger partial charge in [0.25, 0.3) is 11.8 Å². The van der Waals surface area contributed by atoms with Gasteiger partial charge in [0.1, 0.15) is 5.75 Å². The Morgan fingerprint density at radius 2 is 1.92 bits per heavy atom. The first-order chi connectivity index (χ1) is 12.0. The number of amides is 2. The van der Waals surface area contributed by atoms with Gasteiger partial charge in [-0.05, 0) is 42.6 Å². The molecule has 132 valence electrons. The zero-order valence-corrected chi connectivity index (χ0v) is 14.4. The number of carbonyl (C=O) groups excluding carboxylic acids is 3. The van der Waals surface area contributed by atoms with Gasteiger partial charge in [-0.15, -0.1) is 11.3 Å². The van der Waals surface area contributed by atoms with Gasteiger partial charge in [0, 0.05) is 4.88 Å². The zero-order chi connectivity index (χ0) is 18.2. The van der Waals surface area contributed by atoms with Crippen LogP contribution in [0.3, 0.4) is 0 Å². The van der Waals surface area contributed by atoms with Gasteiger partial charge < -0.3 is 20.5 Å². The van der Waals surface area contributed by atoms with Gasteiger partial charge >= 0.3 is 5.97 Å². The number of thiophene rings is 1. The highest BCUT2D eigenvalue weighted by molar-refractivity contribution is 7.09. The number of ether oxygens (including phenoxy) is 2. The number of hydrogen-bond acceptors (Lipinski definition) is 6. The predicted octanol–water partition coefficient (Wildman–Crippen LogP) is 1.47. The summed E-state index contributed by atoms with van der Waals surface area (Å²) in [5.41, 5.74) is 5.25. The molecule has 0 spiro atoms. The molecule has 0 aliphatic rings. The lowest BCUT2D eigenvalue weighted by atomic mass is 10.2. The van der Waals surface area contributed by atoms with Crippen LogP contribution < -0.4 is 15.8 Å². The molecular formula is C17H18N2O5S. The maximum absolute atomic E-state index is 12.1. The first-order valence-electron chi connectivity index (χ1n) is 7.48. The van der Waals surface area contributed by atoms with Gasteiger partial charge in [-0.2, -0.15) is 0 Å². The van der Waals surface area contributed by atoms with Crippen molar-refractivity contribution in [3.05, 3.63) is 52.2 Å². The topological polar surface area (TPSA) is 108 Å². The molecule has 8 heteroatoms. The van der Waals surface area contributed by atoms with Gasteiger partial charge in [0.05, 0.1) is 12.1 Å². The van der Waals surface area contributed by atoms with E-state index in [1.807, 2.05) is 17.5 Å². The number of primary amides is 1. The van der Waals surface area contributed by atoms with Gasteiger partial charge in [-0.25, -0.2) is 4.79 Å². The molecule has 0 aliphatic heterocycles. The summed E-state index contributed by atoms with van der Waals surface area (Å²) < 4.78 is 10.2. The van der Waals surface area contributed by atoms with E-state index >= 15 is 0 Å². The van der Waals surface area contributed by atoms with Crippen LogP contribution >= 0.6 is 11.3 Å². The number of hydrogen-bond donors (Lipinski definition) is 2. The van der Waals surface area contributed by atoms with Crippen molar-refractivity contribution in [1.29, 1.82) is 0 Å². The SMILES string of the molecule is CC(OC(=O)c1ccc(OCC(N)=O)cc1)C(=O)NCc1cccs1. The predicted molar refractivity (Wildman–Crippen MR) is 92.2 cm³/mol. The Hall–Kier alpha value is -2.87. The number of nitrogens with one attached hydrogen (secondary N) is 1. The van der Waals surface area contributed by atoms with Gasteiger partial charge in [0.2, 0.25) is 0 Å². The average molecular weight is 362 g/mol. The van der Waals surface area contributed by atoms with Crippen molar-refractivity contribution in [1.82, 2.24) is 5.32 Å². The van der Waals surface area contributed by atoms with Crippen LogP contribution in [0.1, 0.15) is 22.2 Å². The fraction of sp³-hybridized carbons (Fsp3) is 0.235. The summed E-state index contributed by atoms with van der Waals surface area (Å²) in [5, 5.41) is 4.63. The second-order valence-electron chi connectivity index (χ2n) is 5.12. The summed E-state index contributed by atoms with van der Waals surface area (Å²) in [6.07, 6.45) is -0.918. The average Bonchev–Trinajstić information content (AvgIpc) is 3.11. The van der Waals surface area contributed by atoms with E-state index < -0.39 is 18.0 Å². The van der Waals surface area contributed by atoms with Gasteiger partial charge in [0.15, 0.2) is 12.7 Å². The van der Waals surface area contributed by atoms with E-state index in [1.54, 1.807) is 0 Å². The van der Waals surface area contributed by atoms with Crippen LogP contribution in [0, 0.1) is 0 Å². The molecule has 0 fully saturated rings. The van der Waals surface area contributed by atoms with E-state index in [2.05, 4.69) is 5.32 Å². The standard InChI is InChI=1S/C17H18N2O5S/c1-11(16(21)19-9-14-3-2-8-25-14)24-17(22)12-4-6-13(7-5-12)23-10-15(18)20/h2-8,11H,9-10H2,1H3,(H2,18,20)(H,19,21). The molecule has 25 heavy (non-hydrogen) atoms. The summed E-state index contributed by atoms with van der Waals surface area (Å²) in [6, 6.07) is 9.79. The van der Waals surface area contributed by atoms with E-state index in [-0.39, 0.29) is 18.1 Å². The minimum Gasteiger partial charge on any atom is -0.484 e. The molecule has 7 nitrogen and oxygen atoms in total. The van der Waals surface area contributed by atoms with Crippen LogP contribution in [0.25, 0.3) is 0 Å². The highest BCUT2D eigenvalue weighted by Gasteiger charge is 2.18. The molecule has 1 heterocycles. The molecule has 0 saturated heterocycles. The third-order valence-corrected chi connectivity index (χ3v) is 4.02. The van der Waals surface area contributed by atoms with E-state index in [1.165, 1.54) is 42.5 Å². The smallest absolute Gasteiger partial charge is 0.338 e. The quantitative estimate of drug-likeness (QED) is 0.692. The molecule has 0 bridgehead atoms. The van der Waals surface area contributed by atoms with Crippen LogP contribution in [-0.2, 0) is 20.9 Å². The fourth-order valence-corrected chi connectivity index (χ4v) is 2.50. The Balaban J connectivity index is 1.83. The second kappa shape index (κ2) is 8.84. The second-order valence-corrected chi connectivity index (χ2v) is 6.16. The zero-order valence-electron chi connectivity index (χ0n) is 13.6. The molecule has 0 aliphatic carbocycles. The Labute approximate surface area is 148 Å². The Morgan fingerprint density at radius 3 is 2.52 bits per heavy atom. The first-order valence-corrected chi connectivity index (χ1v) is 8.36. The molecule has 1 atom stereocenters. The lowest BCUT2D eigenvalue weighted by Crippen LogP contribution is -2.35. The van der Waals surface area contributed by atoms with Crippen LogP contribution in [0.5, 0.6) is 5.75 Å². The monoisotopic (exact) mass is 362 g/mol. The third-order valence-electron chi connectivity index (χ3n) is 3.14. The van der Waals surface area contributed by atoms with Crippen LogP contribution in [0.4, 0.5) is 0 Å². The maximum Gasteiger partial charge on any atom is 0.338 e. The van der Waals surface area contributed by atoms with Crippen molar-refractivity contribution < 1.29 is 23.9 Å². The lowest BCUT2D eigenvalue weighted by molar-refractivity contribution is -0.129. The lowest BCUT2D eigenvalue weighted by Gasteiger charge is -2.13. The molecule has 3 N–H and O–H groups in total. The normalized spacial score (nSPS) is 11.4. The minimum atomic E-state index is -0.918. The van der Waals surface area contributed by atoms with Crippen molar-refractivity contribution in [3.63, 3.8) is 0 Å². The van der Waals surface area contributed by atoms with Crippen molar-refractivity contribution in [2.24, 2.45) is 5.73 Å². The molecule has 2 rings (SSSR count). The molecular weight excluding hydrogens is 344 g/mol. The van der Waals surface area contributed by atoms with E-state index in [9.17, 15) is 14.4 Å². The van der Waals surface area contributed by atoms with Crippen LogP contribution in [0.15, 0.2) is 41.8 Å².